The Balaban J connectivity index is 2.61. The van der Waals surface area contributed by atoms with Crippen LogP contribution in [-0.2, 0) is 9.16 Å². The first kappa shape index (κ1) is 12.8. The third-order valence-electron chi connectivity index (χ3n) is 3.42. The molecule has 0 N–H and O–H groups in total. The van der Waals surface area contributed by atoms with Gasteiger partial charge in [0, 0.05) is 6.42 Å². The second-order valence-corrected chi connectivity index (χ2v) is 10.7. The van der Waals surface area contributed by atoms with E-state index in [9.17, 15) is 0 Å². The van der Waals surface area contributed by atoms with Crippen LogP contribution in [0.25, 0.3) is 0 Å². The molecule has 0 radical (unpaired) electrons. The van der Waals surface area contributed by atoms with E-state index in [4.69, 9.17) is 9.16 Å². The van der Waals surface area contributed by atoms with Crippen molar-refractivity contribution in [2.75, 3.05) is 0 Å². The Morgan fingerprint density at radius 3 is 2.40 bits per heavy atom. The monoisotopic (exact) mass is 228 g/mol. The van der Waals surface area contributed by atoms with Crippen LogP contribution < -0.4 is 0 Å². The minimum absolute atomic E-state index is 0.245. The lowest BCUT2D eigenvalue weighted by molar-refractivity contribution is 0.0803. The van der Waals surface area contributed by atoms with Gasteiger partial charge in [0.05, 0.1) is 18.5 Å². The third kappa shape index (κ3) is 3.35. The molecule has 2 nitrogen and oxygen atoms in total. The highest BCUT2D eigenvalue weighted by Gasteiger charge is 2.39. The average Bonchev–Trinajstić information content (AvgIpc) is 2.00. The van der Waals surface area contributed by atoms with Crippen LogP contribution in [0.15, 0.2) is 12.3 Å². The maximum atomic E-state index is 6.29. The Labute approximate surface area is 94.8 Å². The fraction of sp³-hybridized carbons (Fsp3) is 0.833. The first-order valence-corrected chi connectivity index (χ1v) is 8.63. The zero-order valence-electron chi connectivity index (χ0n) is 10.8. The van der Waals surface area contributed by atoms with Crippen molar-refractivity contribution in [2.24, 2.45) is 0 Å². The summed E-state index contributed by atoms with van der Waals surface area (Å²) in [6.45, 7) is 13.5. The van der Waals surface area contributed by atoms with Crippen molar-refractivity contribution in [3.63, 3.8) is 0 Å². The third-order valence-corrected chi connectivity index (χ3v) is 7.92. The first-order valence-electron chi connectivity index (χ1n) is 5.72. The molecule has 0 bridgehead atoms. The molecule has 0 aromatic rings. The topological polar surface area (TPSA) is 18.5 Å². The van der Waals surface area contributed by atoms with E-state index in [0.717, 1.165) is 6.42 Å². The molecule has 0 unspecified atom stereocenters. The van der Waals surface area contributed by atoms with E-state index in [2.05, 4.69) is 40.8 Å². The van der Waals surface area contributed by atoms with Crippen LogP contribution in [0, 0.1) is 0 Å². The van der Waals surface area contributed by atoms with Gasteiger partial charge in [0.25, 0.3) is 0 Å². The molecule has 3 heteroatoms. The summed E-state index contributed by atoms with van der Waals surface area (Å²) < 4.78 is 11.6. The molecule has 1 heterocycles. The normalized spacial score (nSPS) is 27.6. The Kier molecular flexibility index (Phi) is 3.66. The first-order chi connectivity index (χ1) is 6.72. The van der Waals surface area contributed by atoms with Gasteiger partial charge in [-0.25, -0.2) is 0 Å². The summed E-state index contributed by atoms with van der Waals surface area (Å²) in [5.41, 5.74) is 0. The second kappa shape index (κ2) is 4.30. The molecule has 2 atom stereocenters. The van der Waals surface area contributed by atoms with E-state index in [1.54, 1.807) is 6.26 Å². The zero-order valence-corrected chi connectivity index (χ0v) is 11.8. The van der Waals surface area contributed by atoms with E-state index in [-0.39, 0.29) is 17.2 Å². The predicted octanol–water partition coefficient (Wildman–Crippen LogP) is 3.70. The van der Waals surface area contributed by atoms with Crippen molar-refractivity contribution in [3.05, 3.63) is 12.3 Å². The van der Waals surface area contributed by atoms with Crippen LogP contribution in [0.5, 0.6) is 0 Å². The van der Waals surface area contributed by atoms with Crippen molar-refractivity contribution >= 4 is 8.32 Å². The Hall–Kier alpha value is -0.283. The van der Waals surface area contributed by atoms with Crippen molar-refractivity contribution in [1.29, 1.82) is 0 Å². The van der Waals surface area contributed by atoms with Gasteiger partial charge in [0.1, 0.15) is 0 Å². The molecule has 1 aliphatic heterocycles. The van der Waals surface area contributed by atoms with Crippen molar-refractivity contribution < 1.29 is 9.16 Å². The molecule has 0 saturated carbocycles. The SMILES string of the molecule is C[C@H]1C[C@@H](O[Si](C)(C)C(C)(C)C)C=CO1. The molecule has 0 aromatic heterocycles. The predicted molar refractivity (Wildman–Crippen MR) is 66.4 cm³/mol. The lowest BCUT2D eigenvalue weighted by Gasteiger charge is -2.39. The summed E-state index contributed by atoms with van der Waals surface area (Å²) in [4.78, 5) is 0. The molecule has 0 spiro atoms. The maximum Gasteiger partial charge on any atom is 0.192 e. The van der Waals surface area contributed by atoms with Gasteiger partial charge in [0.2, 0.25) is 0 Å². The van der Waals surface area contributed by atoms with E-state index >= 15 is 0 Å². The summed E-state index contributed by atoms with van der Waals surface area (Å²) in [7, 11) is -1.63. The van der Waals surface area contributed by atoms with Crippen LogP contribution in [0.4, 0.5) is 0 Å². The lowest BCUT2D eigenvalue weighted by Crippen LogP contribution is -2.44. The molecule has 0 fully saturated rings. The smallest absolute Gasteiger partial charge is 0.192 e. The molecular weight excluding hydrogens is 204 g/mol. The summed E-state index contributed by atoms with van der Waals surface area (Å²) in [6, 6.07) is 0. The van der Waals surface area contributed by atoms with Crippen molar-refractivity contribution in [3.8, 4) is 0 Å². The fourth-order valence-electron chi connectivity index (χ4n) is 1.37. The largest absolute Gasteiger partial charge is 0.498 e. The average molecular weight is 228 g/mol. The molecule has 0 saturated heterocycles. The van der Waals surface area contributed by atoms with Crippen molar-refractivity contribution in [1.82, 2.24) is 0 Å². The van der Waals surface area contributed by atoms with Gasteiger partial charge in [-0.1, -0.05) is 20.8 Å². The Morgan fingerprint density at radius 2 is 1.93 bits per heavy atom. The summed E-state index contributed by atoms with van der Waals surface area (Å²) in [5.74, 6) is 0. The van der Waals surface area contributed by atoms with E-state index in [0.29, 0.717) is 0 Å². The van der Waals surface area contributed by atoms with Gasteiger partial charge in [-0.15, -0.1) is 0 Å². The second-order valence-electron chi connectivity index (χ2n) is 5.93. The molecule has 1 aliphatic rings. The quantitative estimate of drug-likeness (QED) is 0.671. The molecule has 0 aliphatic carbocycles. The minimum atomic E-state index is -1.63. The number of ether oxygens (including phenoxy) is 1. The minimum Gasteiger partial charge on any atom is -0.498 e. The fourth-order valence-corrected chi connectivity index (χ4v) is 2.66. The lowest BCUT2D eigenvalue weighted by atomic mass is 10.1. The van der Waals surface area contributed by atoms with Crippen LogP contribution >= 0.6 is 0 Å². The molecular formula is C12H24O2Si. The molecule has 15 heavy (non-hydrogen) atoms. The standard InChI is InChI=1S/C12H24O2Si/c1-10-9-11(7-8-13-10)14-15(5,6)12(2,3)4/h7-8,10-11H,9H2,1-6H3/t10-,11-/m0/s1. The van der Waals surface area contributed by atoms with E-state index < -0.39 is 8.32 Å². The van der Waals surface area contributed by atoms with Gasteiger partial charge in [-0.2, -0.15) is 0 Å². The summed E-state index contributed by atoms with van der Waals surface area (Å²) in [5, 5.41) is 0.280. The van der Waals surface area contributed by atoms with Crippen LogP contribution in [-0.4, -0.2) is 20.5 Å². The Bertz CT molecular complexity index is 240. The van der Waals surface area contributed by atoms with Crippen LogP contribution in [0.1, 0.15) is 34.1 Å². The highest BCUT2D eigenvalue weighted by Crippen LogP contribution is 2.38. The molecule has 1 rings (SSSR count). The highest BCUT2D eigenvalue weighted by atomic mass is 28.4. The maximum absolute atomic E-state index is 6.29. The van der Waals surface area contributed by atoms with Gasteiger partial charge in [-0.3, -0.25) is 0 Å². The van der Waals surface area contributed by atoms with Gasteiger partial charge < -0.3 is 9.16 Å². The summed E-state index contributed by atoms with van der Waals surface area (Å²) in [6.07, 6.45) is 5.33. The molecule has 0 aromatic carbocycles. The van der Waals surface area contributed by atoms with Crippen LogP contribution in [0.3, 0.4) is 0 Å². The Morgan fingerprint density at radius 1 is 1.33 bits per heavy atom. The highest BCUT2D eigenvalue weighted by molar-refractivity contribution is 6.74. The number of hydrogen-bond donors (Lipinski definition) is 0. The summed E-state index contributed by atoms with van der Waals surface area (Å²) >= 11 is 0. The van der Waals surface area contributed by atoms with E-state index in [1.165, 1.54) is 0 Å². The van der Waals surface area contributed by atoms with Gasteiger partial charge in [0.15, 0.2) is 8.32 Å². The molecule has 0 amide bonds. The van der Waals surface area contributed by atoms with Crippen molar-refractivity contribution in [2.45, 2.75) is 64.5 Å². The molecule has 88 valence electrons. The van der Waals surface area contributed by atoms with Gasteiger partial charge >= 0.3 is 0 Å². The van der Waals surface area contributed by atoms with Crippen LogP contribution in [0.2, 0.25) is 18.1 Å². The number of hydrogen-bond acceptors (Lipinski definition) is 2. The number of rotatable bonds is 2. The van der Waals surface area contributed by atoms with Gasteiger partial charge in [-0.05, 0) is 31.1 Å². The van der Waals surface area contributed by atoms with E-state index in [1.807, 2.05) is 6.08 Å². The zero-order chi connectivity index (χ0) is 11.7.